The molecule has 0 saturated carbocycles. The van der Waals surface area contributed by atoms with E-state index < -0.39 is 5.97 Å². The number of hydrogen-bond acceptors (Lipinski definition) is 2. The summed E-state index contributed by atoms with van der Waals surface area (Å²) in [5.74, 6) is -0.428. The lowest BCUT2D eigenvalue weighted by Gasteiger charge is -1.84. The molecule has 0 aromatic heterocycles. The highest BCUT2D eigenvalue weighted by molar-refractivity contribution is 5.81. The van der Waals surface area contributed by atoms with Crippen molar-refractivity contribution < 1.29 is 9.53 Å². The minimum atomic E-state index is -0.428. The number of esters is 1. The number of methoxy groups -OCH3 is 1. The molecule has 0 N–H and O–H groups in total. The predicted molar refractivity (Wildman–Crippen MR) is 25.5 cm³/mol. The minimum Gasteiger partial charge on any atom is -0.466 e. The van der Waals surface area contributed by atoms with Crippen LogP contribution in [0.5, 0.6) is 0 Å². The molecule has 0 fully saturated rings. The molecule has 0 aliphatic carbocycles. The number of hydrogen-bond donors (Lipinski definition) is 0. The SMILES string of the molecule is [CH]/C=C/C(=O)OC. The fourth-order valence-corrected chi connectivity index (χ4v) is 0.147. The molecule has 0 bridgehead atoms. The molecule has 0 aromatic rings. The van der Waals surface area contributed by atoms with Crippen LogP contribution in [0, 0.1) is 6.92 Å². The monoisotopic (exact) mass is 98.0 g/mol. The quantitative estimate of drug-likeness (QED) is 0.351. The van der Waals surface area contributed by atoms with Crippen molar-refractivity contribution >= 4 is 5.97 Å². The van der Waals surface area contributed by atoms with Crippen LogP contribution < -0.4 is 0 Å². The Morgan fingerprint density at radius 2 is 2.43 bits per heavy atom. The van der Waals surface area contributed by atoms with E-state index in [-0.39, 0.29) is 0 Å². The van der Waals surface area contributed by atoms with Crippen LogP contribution in [0.4, 0.5) is 0 Å². The number of allylic oxidation sites excluding steroid dienone is 1. The van der Waals surface area contributed by atoms with Crippen molar-refractivity contribution in [2.24, 2.45) is 0 Å². The molecule has 2 heteroatoms. The van der Waals surface area contributed by atoms with Crippen LogP contribution >= 0.6 is 0 Å². The zero-order valence-corrected chi connectivity index (χ0v) is 4.05. The van der Waals surface area contributed by atoms with Gasteiger partial charge in [-0.3, -0.25) is 0 Å². The van der Waals surface area contributed by atoms with Crippen molar-refractivity contribution in [2.45, 2.75) is 0 Å². The first kappa shape index (κ1) is 6.21. The molecule has 7 heavy (non-hydrogen) atoms. The molecule has 0 aliphatic rings. The van der Waals surface area contributed by atoms with Gasteiger partial charge in [-0.15, -0.1) is 0 Å². The maximum absolute atomic E-state index is 10.0. The van der Waals surface area contributed by atoms with E-state index in [1.165, 1.54) is 7.11 Å². The number of rotatable bonds is 1. The van der Waals surface area contributed by atoms with Gasteiger partial charge in [0.1, 0.15) is 0 Å². The van der Waals surface area contributed by atoms with E-state index in [0.717, 1.165) is 12.2 Å². The topological polar surface area (TPSA) is 26.3 Å². The van der Waals surface area contributed by atoms with Crippen LogP contribution in [-0.2, 0) is 9.53 Å². The number of ether oxygens (including phenoxy) is 1. The summed E-state index contributed by atoms with van der Waals surface area (Å²) >= 11 is 0. The van der Waals surface area contributed by atoms with Crippen LogP contribution in [0.15, 0.2) is 12.2 Å². The minimum absolute atomic E-state index is 0.428. The van der Waals surface area contributed by atoms with Gasteiger partial charge in [0.05, 0.1) is 7.11 Å². The van der Waals surface area contributed by atoms with E-state index >= 15 is 0 Å². The van der Waals surface area contributed by atoms with Gasteiger partial charge >= 0.3 is 5.97 Å². The van der Waals surface area contributed by atoms with Crippen LogP contribution in [-0.4, -0.2) is 13.1 Å². The van der Waals surface area contributed by atoms with Gasteiger partial charge in [-0.25, -0.2) is 4.79 Å². The van der Waals surface area contributed by atoms with Crippen molar-refractivity contribution in [3.8, 4) is 0 Å². The smallest absolute Gasteiger partial charge is 0.330 e. The van der Waals surface area contributed by atoms with Crippen molar-refractivity contribution in [2.75, 3.05) is 7.11 Å². The lowest BCUT2D eigenvalue weighted by molar-refractivity contribution is -0.134. The Kier molecular flexibility index (Phi) is 3.02. The van der Waals surface area contributed by atoms with Crippen molar-refractivity contribution in [1.29, 1.82) is 0 Å². The fraction of sp³-hybridized carbons (Fsp3) is 0.200. The zero-order chi connectivity index (χ0) is 5.70. The first-order valence-electron chi connectivity index (χ1n) is 1.77. The molecule has 0 aliphatic heterocycles. The predicted octanol–water partition coefficient (Wildman–Crippen LogP) is 0.427. The summed E-state index contributed by atoms with van der Waals surface area (Å²) in [5.41, 5.74) is 0. The van der Waals surface area contributed by atoms with E-state index in [2.05, 4.69) is 4.74 Å². The lowest BCUT2D eigenvalue weighted by Crippen LogP contribution is -1.92. The molecule has 0 aromatic carbocycles. The Balaban J connectivity index is 3.37. The summed E-state index contributed by atoms with van der Waals surface area (Å²) in [6.45, 7) is 4.82. The van der Waals surface area contributed by atoms with Gasteiger partial charge in [0.25, 0.3) is 0 Å². The van der Waals surface area contributed by atoms with Gasteiger partial charge in [-0.1, -0.05) is 6.08 Å². The molecule has 0 saturated heterocycles. The first-order valence-corrected chi connectivity index (χ1v) is 1.77. The second-order valence-corrected chi connectivity index (χ2v) is 0.882. The van der Waals surface area contributed by atoms with Crippen molar-refractivity contribution in [1.82, 2.24) is 0 Å². The fourth-order valence-electron chi connectivity index (χ4n) is 0.147. The van der Waals surface area contributed by atoms with E-state index in [1.807, 2.05) is 0 Å². The highest BCUT2D eigenvalue weighted by Crippen LogP contribution is 1.73. The standard InChI is InChI=1S/C5H6O2/c1-3-4-5(6)7-2/h1,3-4H,2H3/b4-3+. The molecular formula is C5H6O2. The molecule has 38 valence electrons. The average Bonchev–Trinajstić information content (AvgIpc) is 1.68. The Morgan fingerprint density at radius 1 is 1.86 bits per heavy atom. The number of carbonyl (C=O) groups excluding carboxylic acids is 1. The van der Waals surface area contributed by atoms with Crippen LogP contribution in [0.3, 0.4) is 0 Å². The highest BCUT2D eigenvalue weighted by Gasteiger charge is 1.84. The Labute approximate surface area is 42.8 Å². The van der Waals surface area contributed by atoms with Gasteiger partial charge in [0.15, 0.2) is 0 Å². The van der Waals surface area contributed by atoms with E-state index in [1.54, 1.807) is 0 Å². The summed E-state index contributed by atoms with van der Waals surface area (Å²) in [6, 6.07) is 0. The maximum atomic E-state index is 10.0. The van der Waals surface area contributed by atoms with Gasteiger partial charge in [0.2, 0.25) is 0 Å². The summed E-state index contributed by atoms with van der Waals surface area (Å²) in [4.78, 5) is 10.0. The molecule has 2 nitrogen and oxygen atoms in total. The normalized spacial score (nSPS) is 9.43. The largest absolute Gasteiger partial charge is 0.466 e. The second kappa shape index (κ2) is 3.40. The van der Waals surface area contributed by atoms with Gasteiger partial charge in [-0.2, -0.15) is 0 Å². The van der Waals surface area contributed by atoms with E-state index in [4.69, 9.17) is 6.92 Å². The summed E-state index contributed by atoms with van der Waals surface area (Å²) in [7, 11) is 1.29. The molecule has 0 spiro atoms. The molecule has 0 atom stereocenters. The lowest BCUT2D eigenvalue weighted by atomic mass is 10.5. The van der Waals surface area contributed by atoms with Gasteiger partial charge < -0.3 is 4.74 Å². The molecule has 2 radical (unpaired) electrons. The second-order valence-electron chi connectivity index (χ2n) is 0.882. The maximum Gasteiger partial charge on any atom is 0.330 e. The third kappa shape index (κ3) is 3.03. The van der Waals surface area contributed by atoms with Crippen molar-refractivity contribution in [3.63, 3.8) is 0 Å². The van der Waals surface area contributed by atoms with Crippen LogP contribution in [0.2, 0.25) is 0 Å². The van der Waals surface area contributed by atoms with Gasteiger partial charge in [0, 0.05) is 6.08 Å². The summed E-state index contributed by atoms with van der Waals surface area (Å²) in [5, 5.41) is 0. The summed E-state index contributed by atoms with van der Waals surface area (Å²) in [6.07, 6.45) is 2.27. The molecular weight excluding hydrogens is 92.1 g/mol. The third-order valence-electron chi connectivity index (χ3n) is 0.433. The van der Waals surface area contributed by atoms with E-state index in [9.17, 15) is 4.79 Å². The Morgan fingerprint density at radius 3 is 2.57 bits per heavy atom. The molecule has 0 amide bonds. The number of carbonyl (C=O) groups is 1. The van der Waals surface area contributed by atoms with Crippen LogP contribution in [0.1, 0.15) is 0 Å². The highest BCUT2D eigenvalue weighted by atomic mass is 16.5. The zero-order valence-electron chi connectivity index (χ0n) is 4.05. The molecule has 0 rings (SSSR count). The van der Waals surface area contributed by atoms with E-state index in [0.29, 0.717) is 0 Å². The molecule has 0 unspecified atom stereocenters. The van der Waals surface area contributed by atoms with Gasteiger partial charge in [-0.05, 0) is 6.92 Å². The Bertz CT molecular complexity index is 84.1. The van der Waals surface area contributed by atoms with Crippen molar-refractivity contribution in [3.05, 3.63) is 19.1 Å². The average molecular weight is 98.1 g/mol. The molecule has 0 heterocycles. The first-order chi connectivity index (χ1) is 3.31. The Hall–Kier alpha value is -0.790. The third-order valence-corrected chi connectivity index (χ3v) is 0.433. The van der Waals surface area contributed by atoms with Crippen LogP contribution in [0.25, 0.3) is 0 Å². The summed E-state index contributed by atoms with van der Waals surface area (Å²) < 4.78 is 4.18.